The lowest BCUT2D eigenvalue weighted by Crippen LogP contribution is -2.28. The van der Waals surface area contributed by atoms with E-state index in [2.05, 4.69) is 48.0 Å². The van der Waals surface area contributed by atoms with Crippen LogP contribution in [0.3, 0.4) is 0 Å². The molecule has 5 nitrogen and oxygen atoms in total. The zero-order valence-corrected chi connectivity index (χ0v) is 16.8. The largest absolute Gasteiger partial charge is 0.444 e. The van der Waals surface area contributed by atoms with Crippen LogP contribution in [0.1, 0.15) is 25.1 Å². The third kappa shape index (κ3) is 4.80. The number of carbonyl (C=O) groups excluding carboxylic acids is 1. The molecule has 3 rings (SSSR count). The van der Waals surface area contributed by atoms with Crippen LogP contribution in [-0.2, 0) is 17.8 Å². The van der Waals surface area contributed by atoms with Crippen molar-refractivity contribution >= 4 is 11.6 Å². The lowest BCUT2D eigenvalue weighted by Gasteiger charge is -2.22. The Kier molecular flexibility index (Phi) is 6.48. The number of hydrogen-bond donors (Lipinski definition) is 0. The van der Waals surface area contributed by atoms with E-state index in [1.54, 1.807) is 11.2 Å². The van der Waals surface area contributed by atoms with Gasteiger partial charge >= 0.3 is 0 Å². The fourth-order valence-electron chi connectivity index (χ4n) is 3.15. The third-order valence-electron chi connectivity index (χ3n) is 4.82. The zero-order chi connectivity index (χ0) is 19.9. The number of amides is 1. The average Bonchev–Trinajstić information content (AvgIpc) is 3.19. The molecule has 0 fully saturated rings. The molecule has 1 amide bonds. The fourth-order valence-corrected chi connectivity index (χ4v) is 3.15. The molecule has 0 N–H and O–H groups in total. The van der Waals surface area contributed by atoms with E-state index in [1.165, 1.54) is 5.69 Å². The summed E-state index contributed by atoms with van der Waals surface area (Å²) >= 11 is 0. The van der Waals surface area contributed by atoms with Crippen molar-refractivity contribution in [3.05, 3.63) is 72.1 Å². The number of hydrogen-bond acceptors (Lipinski definition) is 4. The summed E-state index contributed by atoms with van der Waals surface area (Å²) in [6.45, 7) is 6.84. The number of nitrogens with zero attached hydrogens (tertiary/aromatic N) is 3. The van der Waals surface area contributed by atoms with Crippen molar-refractivity contribution in [2.45, 2.75) is 26.8 Å². The van der Waals surface area contributed by atoms with Crippen molar-refractivity contribution in [2.75, 3.05) is 25.0 Å². The molecule has 2 aromatic carbocycles. The maximum absolute atomic E-state index is 12.6. The predicted octanol–water partition coefficient (Wildman–Crippen LogP) is 4.39. The smallest absolute Gasteiger partial charge is 0.228 e. The van der Waals surface area contributed by atoms with Gasteiger partial charge < -0.3 is 14.2 Å². The van der Waals surface area contributed by atoms with Gasteiger partial charge in [-0.2, -0.15) is 0 Å². The van der Waals surface area contributed by atoms with Gasteiger partial charge in [0.05, 0.1) is 12.1 Å². The molecular weight excluding hydrogens is 350 g/mol. The first kappa shape index (κ1) is 19.7. The Morgan fingerprint density at radius 1 is 1.00 bits per heavy atom. The van der Waals surface area contributed by atoms with Gasteiger partial charge in [0.25, 0.3) is 0 Å². The van der Waals surface area contributed by atoms with Crippen LogP contribution < -0.4 is 4.90 Å². The molecule has 3 aromatic rings. The molecule has 5 heteroatoms. The van der Waals surface area contributed by atoms with Crippen molar-refractivity contribution in [1.82, 2.24) is 9.88 Å². The zero-order valence-electron chi connectivity index (χ0n) is 16.8. The second-order valence-corrected chi connectivity index (χ2v) is 6.78. The molecule has 0 radical (unpaired) electrons. The number of oxazole rings is 1. The molecule has 0 aliphatic heterocycles. The Morgan fingerprint density at radius 3 is 2.32 bits per heavy atom. The van der Waals surface area contributed by atoms with Crippen molar-refractivity contribution in [2.24, 2.45) is 0 Å². The number of benzene rings is 2. The van der Waals surface area contributed by atoms with E-state index in [1.807, 2.05) is 37.4 Å². The Labute approximate surface area is 166 Å². The summed E-state index contributed by atoms with van der Waals surface area (Å²) in [5.41, 5.74) is 3.87. The summed E-state index contributed by atoms with van der Waals surface area (Å²) in [7, 11) is 1.82. The number of carbonyl (C=O) groups is 1. The molecule has 0 aliphatic carbocycles. The summed E-state index contributed by atoms with van der Waals surface area (Å²) in [5.74, 6) is 0.554. The van der Waals surface area contributed by atoms with Gasteiger partial charge in [0.2, 0.25) is 11.8 Å². The van der Waals surface area contributed by atoms with E-state index in [0.29, 0.717) is 18.1 Å². The topological polar surface area (TPSA) is 49.6 Å². The Morgan fingerprint density at radius 2 is 1.68 bits per heavy atom. The first-order valence-corrected chi connectivity index (χ1v) is 9.68. The van der Waals surface area contributed by atoms with Crippen LogP contribution in [0.5, 0.6) is 0 Å². The van der Waals surface area contributed by atoms with Crippen molar-refractivity contribution in [3.8, 4) is 11.5 Å². The first-order chi connectivity index (χ1) is 13.6. The summed E-state index contributed by atoms with van der Waals surface area (Å²) in [4.78, 5) is 21.0. The van der Waals surface area contributed by atoms with E-state index >= 15 is 0 Å². The number of rotatable bonds is 8. The lowest BCUT2D eigenvalue weighted by molar-refractivity contribution is -0.129. The van der Waals surface area contributed by atoms with E-state index in [-0.39, 0.29) is 12.3 Å². The Balaban J connectivity index is 1.58. The third-order valence-corrected chi connectivity index (χ3v) is 4.82. The summed E-state index contributed by atoms with van der Waals surface area (Å²) < 4.78 is 5.52. The molecule has 0 unspecified atom stereocenters. The van der Waals surface area contributed by atoms with Crippen LogP contribution in [0, 0.1) is 0 Å². The van der Waals surface area contributed by atoms with E-state index in [4.69, 9.17) is 4.42 Å². The minimum absolute atomic E-state index is 0.0146. The molecule has 1 aromatic heterocycles. The molecule has 146 valence electrons. The monoisotopic (exact) mass is 377 g/mol. The normalized spacial score (nSPS) is 10.7. The van der Waals surface area contributed by atoms with Crippen LogP contribution in [0.25, 0.3) is 11.5 Å². The second-order valence-electron chi connectivity index (χ2n) is 6.78. The van der Waals surface area contributed by atoms with Gasteiger partial charge in [-0.15, -0.1) is 0 Å². The highest BCUT2D eigenvalue weighted by atomic mass is 16.3. The predicted molar refractivity (Wildman–Crippen MR) is 112 cm³/mol. The molecule has 0 aliphatic rings. The summed E-state index contributed by atoms with van der Waals surface area (Å²) in [6.07, 6.45) is 1.79. The molecule has 0 spiro atoms. The molecule has 0 atom stereocenters. The van der Waals surface area contributed by atoms with Crippen LogP contribution in [0.2, 0.25) is 0 Å². The maximum Gasteiger partial charge on any atom is 0.228 e. The second kappa shape index (κ2) is 9.22. The van der Waals surface area contributed by atoms with Gasteiger partial charge in [-0.1, -0.05) is 30.3 Å². The van der Waals surface area contributed by atoms with Gasteiger partial charge in [-0.3, -0.25) is 4.79 Å². The molecule has 0 saturated heterocycles. The van der Waals surface area contributed by atoms with E-state index in [9.17, 15) is 4.79 Å². The SMILES string of the molecule is CCN(CC)c1ccc(CN(C)C(=O)Cc2coc(-c3ccccc3)n2)cc1. The van der Waals surface area contributed by atoms with E-state index in [0.717, 1.165) is 24.2 Å². The molecule has 0 bridgehead atoms. The van der Waals surface area contributed by atoms with Gasteiger partial charge in [0.1, 0.15) is 6.26 Å². The van der Waals surface area contributed by atoms with Crippen LogP contribution in [0.4, 0.5) is 5.69 Å². The first-order valence-electron chi connectivity index (χ1n) is 9.68. The average molecular weight is 377 g/mol. The van der Waals surface area contributed by atoms with E-state index < -0.39 is 0 Å². The molecule has 1 heterocycles. The fraction of sp³-hybridized carbons (Fsp3) is 0.304. The summed E-state index contributed by atoms with van der Waals surface area (Å²) in [6, 6.07) is 18.1. The quantitative estimate of drug-likeness (QED) is 0.584. The number of anilines is 1. The maximum atomic E-state index is 12.6. The van der Waals surface area contributed by atoms with Gasteiger partial charge in [-0.25, -0.2) is 4.98 Å². The van der Waals surface area contributed by atoms with Gasteiger partial charge in [0, 0.05) is 37.9 Å². The van der Waals surface area contributed by atoms with Crippen molar-refractivity contribution in [1.29, 1.82) is 0 Å². The molecule has 28 heavy (non-hydrogen) atoms. The minimum Gasteiger partial charge on any atom is -0.444 e. The van der Waals surface area contributed by atoms with Crippen LogP contribution in [0.15, 0.2) is 65.3 Å². The van der Waals surface area contributed by atoms with Gasteiger partial charge in [0.15, 0.2) is 0 Å². The highest BCUT2D eigenvalue weighted by Gasteiger charge is 2.14. The Bertz CT molecular complexity index is 884. The highest BCUT2D eigenvalue weighted by Crippen LogP contribution is 2.19. The lowest BCUT2D eigenvalue weighted by atomic mass is 10.1. The van der Waals surface area contributed by atoms with Crippen LogP contribution in [-0.4, -0.2) is 35.9 Å². The summed E-state index contributed by atoms with van der Waals surface area (Å²) in [5, 5.41) is 0. The molecule has 0 saturated carbocycles. The minimum atomic E-state index is 0.0146. The highest BCUT2D eigenvalue weighted by molar-refractivity contribution is 5.78. The Hall–Kier alpha value is -3.08. The number of likely N-dealkylation sites (N-methyl/N-ethyl adjacent to an activating group) is 1. The molecular formula is C23H27N3O2. The van der Waals surface area contributed by atoms with Gasteiger partial charge in [-0.05, 0) is 43.7 Å². The van der Waals surface area contributed by atoms with Crippen molar-refractivity contribution in [3.63, 3.8) is 0 Å². The number of aromatic nitrogens is 1. The van der Waals surface area contributed by atoms with Crippen LogP contribution >= 0.6 is 0 Å². The standard InChI is InChI=1S/C23H27N3O2/c1-4-26(5-2)21-13-11-18(12-14-21)16-25(3)22(27)15-20-17-28-23(24-20)19-9-7-6-8-10-19/h6-14,17H,4-5,15-16H2,1-3H3. The van der Waals surface area contributed by atoms with Crippen molar-refractivity contribution < 1.29 is 9.21 Å².